The number of aromatic nitrogens is 4. The van der Waals surface area contributed by atoms with E-state index in [-0.39, 0.29) is 5.91 Å². The number of fused-ring (bicyclic) bond motifs is 1. The Hall–Kier alpha value is -2.25. The molecule has 0 unspecified atom stereocenters. The van der Waals surface area contributed by atoms with E-state index in [1.807, 2.05) is 12.1 Å². The van der Waals surface area contributed by atoms with E-state index in [4.69, 9.17) is 11.6 Å². The fourth-order valence-electron chi connectivity index (χ4n) is 2.56. The Kier molecular flexibility index (Phi) is 3.82. The van der Waals surface area contributed by atoms with Crippen molar-refractivity contribution in [2.24, 2.45) is 0 Å². The van der Waals surface area contributed by atoms with Crippen LogP contribution in [0, 0.1) is 0 Å². The summed E-state index contributed by atoms with van der Waals surface area (Å²) in [4.78, 5) is 20.7. The molecule has 0 saturated carbocycles. The van der Waals surface area contributed by atoms with Crippen molar-refractivity contribution < 1.29 is 4.79 Å². The zero-order chi connectivity index (χ0) is 16.7. The van der Waals surface area contributed by atoms with E-state index in [2.05, 4.69) is 36.3 Å². The lowest BCUT2D eigenvalue weighted by Gasteiger charge is -2.13. The molecular formula is C16H11BrClN5O. The van der Waals surface area contributed by atoms with Crippen molar-refractivity contribution in [3.05, 3.63) is 51.7 Å². The molecule has 8 heteroatoms. The molecule has 0 saturated heterocycles. The number of halogens is 2. The van der Waals surface area contributed by atoms with Crippen molar-refractivity contribution in [1.82, 2.24) is 25.1 Å². The minimum atomic E-state index is -0.121. The predicted molar refractivity (Wildman–Crippen MR) is 93.7 cm³/mol. The Labute approximate surface area is 151 Å². The van der Waals surface area contributed by atoms with Gasteiger partial charge in [-0.15, -0.1) is 0 Å². The molecule has 0 aliphatic carbocycles. The highest BCUT2D eigenvalue weighted by atomic mass is 79.9. The lowest BCUT2D eigenvalue weighted by molar-refractivity contribution is 0.0924. The quantitative estimate of drug-likeness (QED) is 0.712. The van der Waals surface area contributed by atoms with Gasteiger partial charge in [0.25, 0.3) is 5.91 Å². The number of hydrogen-bond acceptors (Lipinski definition) is 4. The molecule has 1 aliphatic rings. The Balaban J connectivity index is 1.78. The summed E-state index contributed by atoms with van der Waals surface area (Å²) in [7, 11) is 0. The summed E-state index contributed by atoms with van der Waals surface area (Å²) in [6.45, 7) is 1.23. The van der Waals surface area contributed by atoms with Crippen LogP contribution >= 0.6 is 27.5 Å². The highest BCUT2D eigenvalue weighted by Crippen LogP contribution is 2.29. The first kappa shape index (κ1) is 15.3. The molecule has 3 heterocycles. The molecule has 1 aromatic carbocycles. The van der Waals surface area contributed by atoms with Crippen molar-refractivity contribution in [3.63, 3.8) is 0 Å². The lowest BCUT2D eigenvalue weighted by Crippen LogP contribution is -2.35. The van der Waals surface area contributed by atoms with Gasteiger partial charge in [0.2, 0.25) is 0 Å². The molecule has 0 atom stereocenters. The van der Waals surface area contributed by atoms with Crippen LogP contribution in [0.5, 0.6) is 0 Å². The number of rotatable bonds is 2. The molecule has 24 heavy (non-hydrogen) atoms. The third kappa shape index (κ3) is 2.70. The minimum Gasteiger partial charge on any atom is -0.349 e. The van der Waals surface area contributed by atoms with Gasteiger partial charge in [0, 0.05) is 22.8 Å². The van der Waals surface area contributed by atoms with Gasteiger partial charge >= 0.3 is 0 Å². The molecule has 6 nitrogen and oxygen atoms in total. The molecule has 2 aromatic heterocycles. The maximum atomic E-state index is 11.9. The van der Waals surface area contributed by atoms with Crippen LogP contribution in [0.1, 0.15) is 10.5 Å². The standard InChI is InChI=1S/C16H11BrClN5O/c17-9-1-2-11(18)10(7-9)15-19-4-3-12(21-15)13-8-14-16(24)20-5-6-23(14)22-13/h1-4,7-8H,5-6H2,(H,20,24). The summed E-state index contributed by atoms with van der Waals surface area (Å²) >= 11 is 9.69. The van der Waals surface area contributed by atoms with E-state index in [9.17, 15) is 4.79 Å². The van der Waals surface area contributed by atoms with E-state index in [0.29, 0.717) is 41.0 Å². The van der Waals surface area contributed by atoms with Crippen LogP contribution < -0.4 is 5.32 Å². The normalized spacial score (nSPS) is 13.5. The SMILES string of the molecule is O=C1NCCn2nc(-c3ccnc(-c4cc(Br)ccc4Cl)n3)cc21. The zero-order valence-electron chi connectivity index (χ0n) is 12.3. The lowest BCUT2D eigenvalue weighted by atomic mass is 10.2. The average molecular weight is 405 g/mol. The average Bonchev–Trinajstić information content (AvgIpc) is 3.03. The van der Waals surface area contributed by atoms with Crippen LogP contribution in [0.2, 0.25) is 5.02 Å². The largest absolute Gasteiger partial charge is 0.349 e. The second-order valence-corrected chi connectivity index (χ2v) is 6.61. The van der Waals surface area contributed by atoms with Crippen molar-refractivity contribution in [3.8, 4) is 22.8 Å². The van der Waals surface area contributed by atoms with Crippen molar-refractivity contribution in [1.29, 1.82) is 0 Å². The van der Waals surface area contributed by atoms with Crippen molar-refractivity contribution in [2.45, 2.75) is 6.54 Å². The summed E-state index contributed by atoms with van der Waals surface area (Å²) in [5, 5.41) is 7.84. The van der Waals surface area contributed by atoms with Gasteiger partial charge in [0.1, 0.15) is 11.4 Å². The molecular weight excluding hydrogens is 394 g/mol. The van der Waals surface area contributed by atoms with Gasteiger partial charge in [-0.3, -0.25) is 9.48 Å². The van der Waals surface area contributed by atoms with Gasteiger partial charge in [0.15, 0.2) is 5.82 Å². The number of hydrogen-bond donors (Lipinski definition) is 1. The number of amides is 1. The number of nitrogens with zero attached hydrogens (tertiary/aromatic N) is 4. The van der Waals surface area contributed by atoms with Gasteiger partial charge in [-0.2, -0.15) is 5.10 Å². The third-order valence-corrected chi connectivity index (χ3v) is 4.53. The molecule has 120 valence electrons. The Morgan fingerprint density at radius 2 is 2.08 bits per heavy atom. The van der Waals surface area contributed by atoms with Gasteiger partial charge in [-0.25, -0.2) is 9.97 Å². The second kappa shape index (κ2) is 5.99. The van der Waals surface area contributed by atoms with Gasteiger partial charge < -0.3 is 5.32 Å². The van der Waals surface area contributed by atoms with E-state index in [0.717, 1.165) is 10.0 Å². The van der Waals surface area contributed by atoms with Crippen LogP contribution in [0.3, 0.4) is 0 Å². The molecule has 1 amide bonds. The summed E-state index contributed by atoms with van der Waals surface area (Å²) in [5.41, 5.74) is 2.55. The second-order valence-electron chi connectivity index (χ2n) is 5.28. The predicted octanol–water partition coefficient (Wildman–Crippen LogP) is 3.17. The molecule has 0 radical (unpaired) electrons. The highest BCUT2D eigenvalue weighted by Gasteiger charge is 2.20. The number of nitrogens with one attached hydrogen (secondary N) is 1. The first-order valence-corrected chi connectivity index (χ1v) is 8.44. The zero-order valence-corrected chi connectivity index (χ0v) is 14.7. The van der Waals surface area contributed by atoms with Crippen LogP contribution in [-0.2, 0) is 6.54 Å². The monoisotopic (exact) mass is 403 g/mol. The molecule has 0 bridgehead atoms. The van der Waals surface area contributed by atoms with Crippen molar-refractivity contribution in [2.75, 3.05) is 6.54 Å². The fourth-order valence-corrected chi connectivity index (χ4v) is 3.12. The van der Waals surface area contributed by atoms with E-state index in [1.165, 1.54) is 0 Å². The highest BCUT2D eigenvalue weighted by molar-refractivity contribution is 9.10. The van der Waals surface area contributed by atoms with Gasteiger partial charge in [-0.05, 0) is 30.3 Å². The number of carbonyl (C=O) groups is 1. The van der Waals surface area contributed by atoms with Crippen molar-refractivity contribution >= 4 is 33.4 Å². The van der Waals surface area contributed by atoms with Crippen LogP contribution in [0.25, 0.3) is 22.8 Å². The maximum Gasteiger partial charge on any atom is 0.269 e. The van der Waals surface area contributed by atoms with Gasteiger partial charge in [0.05, 0.1) is 17.3 Å². The Morgan fingerprint density at radius 1 is 1.21 bits per heavy atom. The fraction of sp³-hybridized carbons (Fsp3) is 0.125. The third-order valence-electron chi connectivity index (χ3n) is 3.71. The molecule has 0 spiro atoms. The summed E-state index contributed by atoms with van der Waals surface area (Å²) in [6, 6.07) is 9.02. The topological polar surface area (TPSA) is 72.7 Å². The smallest absolute Gasteiger partial charge is 0.269 e. The maximum absolute atomic E-state index is 11.9. The van der Waals surface area contributed by atoms with E-state index in [1.54, 1.807) is 29.1 Å². The molecule has 1 N–H and O–H groups in total. The molecule has 1 aliphatic heterocycles. The van der Waals surface area contributed by atoms with E-state index >= 15 is 0 Å². The van der Waals surface area contributed by atoms with Crippen LogP contribution in [0.4, 0.5) is 0 Å². The Bertz CT molecular complexity index is 955. The first-order chi connectivity index (χ1) is 11.6. The molecule has 3 aromatic rings. The summed E-state index contributed by atoms with van der Waals surface area (Å²) in [6.07, 6.45) is 1.66. The Morgan fingerprint density at radius 3 is 2.92 bits per heavy atom. The number of carbonyl (C=O) groups excluding carboxylic acids is 1. The van der Waals surface area contributed by atoms with Gasteiger partial charge in [-0.1, -0.05) is 27.5 Å². The number of benzene rings is 1. The van der Waals surface area contributed by atoms with Crippen LogP contribution in [-0.4, -0.2) is 32.2 Å². The molecule has 0 fully saturated rings. The first-order valence-electron chi connectivity index (χ1n) is 7.27. The summed E-state index contributed by atoms with van der Waals surface area (Å²) in [5.74, 6) is 0.388. The minimum absolute atomic E-state index is 0.121. The van der Waals surface area contributed by atoms with E-state index < -0.39 is 0 Å². The van der Waals surface area contributed by atoms with Crippen LogP contribution in [0.15, 0.2) is 41.0 Å². The summed E-state index contributed by atoms with van der Waals surface area (Å²) < 4.78 is 2.59. The molecule has 4 rings (SSSR count).